The summed E-state index contributed by atoms with van der Waals surface area (Å²) in [4.78, 5) is 0.0636. The Labute approximate surface area is 124 Å². The van der Waals surface area contributed by atoms with Gasteiger partial charge in [-0.25, -0.2) is 13.1 Å². The van der Waals surface area contributed by atoms with Crippen LogP contribution in [0.15, 0.2) is 17.0 Å². The fraction of sp³-hybridized carbons (Fsp3) is 0.500. The first kappa shape index (κ1) is 16.7. The molecule has 0 aromatic heterocycles. The van der Waals surface area contributed by atoms with E-state index in [0.29, 0.717) is 23.7 Å². The fourth-order valence-electron chi connectivity index (χ4n) is 1.60. The maximum Gasteiger partial charge on any atom is 0.242 e. The second-order valence-corrected chi connectivity index (χ2v) is 6.54. The first-order valence-corrected chi connectivity index (χ1v) is 8.35. The molecule has 19 heavy (non-hydrogen) atoms. The Bertz CT molecular complexity index is 533. The Hall–Kier alpha value is -0.330. The summed E-state index contributed by atoms with van der Waals surface area (Å²) in [5, 5.41) is 3.80. The van der Waals surface area contributed by atoms with Gasteiger partial charge in [0, 0.05) is 23.7 Å². The van der Waals surface area contributed by atoms with E-state index < -0.39 is 10.0 Å². The minimum absolute atomic E-state index is 0.0636. The molecule has 0 heterocycles. The molecule has 0 radical (unpaired) electrons. The van der Waals surface area contributed by atoms with E-state index in [4.69, 9.17) is 23.2 Å². The molecule has 0 amide bonds. The van der Waals surface area contributed by atoms with Gasteiger partial charge in [-0.2, -0.15) is 0 Å². The highest BCUT2D eigenvalue weighted by molar-refractivity contribution is 7.89. The van der Waals surface area contributed by atoms with Crippen molar-refractivity contribution in [3.05, 3.63) is 27.7 Å². The lowest BCUT2D eigenvalue weighted by Gasteiger charge is -2.13. The topological polar surface area (TPSA) is 58.2 Å². The summed E-state index contributed by atoms with van der Waals surface area (Å²) in [6.45, 7) is 5.33. The molecule has 0 bridgehead atoms. The maximum absolute atomic E-state index is 12.0. The molecule has 0 unspecified atom stereocenters. The first-order valence-electron chi connectivity index (χ1n) is 6.11. The average molecular weight is 325 g/mol. The molecule has 1 aromatic rings. The van der Waals surface area contributed by atoms with E-state index in [1.807, 2.05) is 6.92 Å². The Morgan fingerprint density at radius 1 is 1.21 bits per heavy atom. The number of benzene rings is 1. The van der Waals surface area contributed by atoms with Crippen molar-refractivity contribution in [3.8, 4) is 0 Å². The van der Waals surface area contributed by atoms with Crippen LogP contribution in [0.2, 0.25) is 10.0 Å². The second-order valence-electron chi connectivity index (χ2n) is 4.02. The van der Waals surface area contributed by atoms with E-state index in [0.717, 1.165) is 13.0 Å². The number of halogens is 2. The van der Waals surface area contributed by atoms with E-state index in [9.17, 15) is 8.42 Å². The normalized spacial score (nSPS) is 11.8. The maximum atomic E-state index is 12.0. The SMILES string of the molecule is CCCNCc1c(Cl)ccc(S(=O)(=O)NCC)c1Cl. The molecule has 0 aliphatic heterocycles. The molecule has 0 saturated carbocycles. The van der Waals surface area contributed by atoms with Gasteiger partial charge in [0.2, 0.25) is 10.0 Å². The first-order chi connectivity index (χ1) is 8.94. The Morgan fingerprint density at radius 2 is 1.89 bits per heavy atom. The lowest BCUT2D eigenvalue weighted by Crippen LogP contribution is -2.24. The van der Waals surface area contributed by atoms with E-state index in [2.05, 4.69) is 10.0 Å². The van der Waals surface area contributed by atoms with Gasteiger partial charge in [-0.05, 0) is 25.1 Å². The third-order valence-corrected chi connectivity index (χ3v) is 4.99. The monoisotopic (exact) mass is 324 g/mol. The number of nitrogens with one attached hydrogen (secondary N) is 2. The molecule has 2 N–H and O–H groups in total. The van der Waals surface area contributed by atoms with Crippen LogP contribution in [0.3, 0.4) is 0 Å². The van der Waals surface area contributed by atoms with Crippen molar-refractivity contribution in [2.75, 3.05) is 13.1 Å². The van der Waals surface area contributed by atoms with Crippen molar-refractivity contribution in [3.63, 3.8) is 0 Å². The van der Waals surface area contributed by atoms with Gasteiger partial charge in [0.25, 0.3) is 0 Å². The summed E-state index contributed by atoms with van der Waals surface area (Å²) in [5.74, 6) is 0. The van der Waals surface area contributed by atoms with Crippen molar-refractivity contribution in [1.29, 1.82) is 0 Å². The molecule has 0 saturated heterocycles. The van der Waals surface area contributed by atoms with Crippen LogP contribution in [-0.2, 0) is 16.6 Å². The lowest BCUT2D eigenvalue weighted by molar-refractivity contribution is 0.583. The van der Waals surface area contributed by atoms with Gasteiger partial charge in [-0.1, -0.05) is 37.0 Å². The zero-order chi connectivity index (χ0) is 14.5. The number of hydrogen-bond acceptors (Lipinski definition) is 3. The number of hydrogen-bond donors (Lipinski definition) is 2. The highest BCUT2D eigenvalue weighted by Gasteiger charge is 2.20. The molecule has 0 spiro atoms. The van der Waals surface area contributed by atoms with Crippen molar-refractivity contribution < 1.29 is 8.42 Å². The summed E-state index contributed by atoms with van der Waals surface area (Å²) in [6, 6.07) is 2.98. The van der Waals surface area contributed by atoms with Crippen LogP contribution < -0.4 is 10.0 Å². The van der Waals surface area contributed by atoms with Crippen LogP contribution in [0.25, 0.3) is 0 Å². The van der Waals surface area contributed by atoms with Gasteiger partial charge in [0.1, 0.15) is 4.90 Å². The molecular weight excluding hydrogens is 307 g/mol. The van der Waals surface area contributed by atoms with Crippen LogP contribution in [0, 0.1) is 0 Å². The van der Waals surface area contributed by atoms with Gasteiger partial charge in [-0.3, -0.25) is 0 Å². The van der Waals surface area contributed by atoms with Gasteiger partial charge in [-0.15, -0.1) is 0 Å². The summed E-state index contributed by atoms with van der Waals surface area (Å²) in [6.07, 6.45) is 0.977. The molecule has 0 aliphatic carbocycles. The summed E-state index contributed by atoms with van der Waals surface area (Å²) >= 11 is 12.2. The molecule has 108 valence electrons. The van der Waals surface area contributed by atoms with E-state index in [1.54, 1.807) is 13.0 Å². The van der Waals surface area contributed by atoms with Crippen LogP contribution in [-0.4, -0.2) is 21.5 Å². The van der Waals surface area contributed by atoms with Crippen LogP contribution in [0.5, 0.6) is 0 Å². The standard InChI is InChI=1S/C12H18Cl2N2O2S/c1-3-7-15-8-9-10(13)5-6-11(12(9)14)19(17,18)16-4-2/h5-6,15-16H,3-4,7-8H2,1-2H3. The molecule has 0 atom stereocenters. The highest BCUT2D eigenvalue weighted by atomic mass is 35.5. The zero-order valence-electron chi connectivity index (χ0n) is 11.0. The fourth-order valence-corrected chi connectivity index (χ4v) is 3.55. The Kier molecular flexibility index (Phi) is 6.56. The molecule has 1 aromatic carbocycles. The molecule has 4 nitrogen and oxygen atoms in total. The minimum atomic E-state index is -3.58. The van der Waals surface area contributed by atoms with E-state index >= 15 is 0 Å². The molecule has 0 fully saturated rings. The smallest absolute Gasteiger partial charge is 0.242 e. The molecular formula is C12H18Cl2N2O2S. The Morgan fingerprint density at radius 3 is 2.47 bits per heavy atom. The highest BCUT2D eigenvalue weighted by Crippen LogP contribution is 2.30. The van der Waals surface area contributed by atoms with Gasteiger partial charge >= 0.3 is 0 Å². The summed E-state index contributed by atoms with van der Waals surface area (Å²) in [7, 11) is -3.58. The largest absolute Gasteiger partial charge is 0.313 e. The van der Waals surface area contributed by atoms with Crippen molar-refractivity contribution in [2.24, 2.45) is 0 Å². The predicted molar refractivity (Wildman–Crippen MR) is 79.3 cm³/mol. The minimum Gasteiger partial charge on any atom is -0.313 e. The number of sulfonamides is 1. The number of rotatable bonds is 7. The van der Waals surface area contributed by atoms with Gasteiger partial charge in [0.15, 0.2) is 0 Å². The molecule has 7 heteroatoms. The predicted octanol–water partition coefficient (Wildman–Crippen LogP) is 2.79. The van der Waals surface area contributed by atoms with E-state index in [-0.39, 0.29) is 9.92 Å². The second kappa shape index (κ2) is 7.45. The van der Waals surface area contributed by atoms with Crippen LogP contribution >= 0.6 is 23.2 Å². The van der Waals surface area contributed by atoms with Gasteiger partial charge < -0.3 is 5.32 Å². The average Bonchev–Trinajstić information content (AvgIpc) is 2.33. The third-order valence-electron chi connectivity index (χ3n) is 2.50. The van der Waals surface area contributed by atoms with Crippen LogP contribution in [0.1, 0.15) is 25.8 Å². The Balaban J connectivity index is 3.13. The quantitative estimate of drug-likeness (QED) is 0.758. The van der Waals surface area contributed by atoms with Gasteiger partial charge in [0.05, 0.1) is 5.02 Å². The third kappa shape index (κ3) is 4.33. The summed E-state index contributed by atoms with van der Waals surface area (Å²) in [5.41, 5.74) is 0.607. The van der Waals surface area contributed by atoms with Crippen molar-refractivity contribution >= 4 is 33.2 Å². The van der Waals surface area contributed by atoms with Crippen LogP contribution in [0.4, 0.5) is 0 Å². The lowest BCUT2D eigenvalue weighted by atomic mass is 10.2. The summed E-state index contributed by atoms with van der Waals surface area (Å²) < 4.78 is 26.4. The van der Waals surface area contributed by atoms with Crippen molar-refractivity contribution in [1.82, 2.24) is 10.0 Å². The molecule has 1 rings (SSSR count). The zero-order valence-corrected chi connectivity index (χ0v) is 13.3. The van der Waals surface area contributed by atoms with E-state index in [1.165, 1.54) is 6.07 Å². The molecule has 0 aliphatic rings. The van der Waals surface area contributed by atoms with Crippen molar-refractivity contribution in [2.45, 2.75) is 31.7 Å².